The van der Waals surface area contributed by atoms with Crippen LogP contribution in [0.5, 0.6) is 0 Å². The zero-order valence-electron chi connectivity index (χ0n) is 13.0. The van der Waals surface area contributed by atoms with Crippen LogP contribution in [0.1, 0.15) is 54.4 Å². The van der Waals surface area contributed by atoms with E-state index in [-0.39, 0.29) is 16.9 Å². The average Bonchev–Trinajstić information content (AvgIpc) is 2.22. The predicted octanol–water partition coefficient (Wildman–Crippen LogP) is 3.63. The second-order valence-electron chi connectivity index (χ2n) is 6.54. The topological polar surface area (TPSA) is 21.7 Å². The quantitative estimate of drug-likeness (QED) is 0.715. The van der Waals surface area contributed by atoms with Gasteiger partial charge < -0.3 is 9.26 Å². The van der Waals surface area contributed by atoms with Crippen molar-refractivity contribution in [2.24, 2.45) is 0 Å². The van der Waals surface area contributed by atoms with Crippen molar-refractivity contribution in [2.45, 2.75) is 77.4 Å². The summed E-state index contributed by atoms with van der Waals surface area (Å²) in [5, 5.41) is 0. The molecule has 2 unspecified atom stereocenters. The minimum absolute atomic E-state index is 0.195. The van der Waals surface area contributed by atoms with E-state index in [1.54, 1.807) is 0 Å². The largest absolute Gasteiger partial charge is 0.369 e. The zero-order chi connectivity index (χ0) is 14.0. The lowest BCUT2D eigenvalue weighted by molar-refractivity contribution is -0.0963. The number of piperidine rings is 1. The minimum atomic E-state index is 0.195. The second-order valence-corrected chi connectivity index (χ2v) is 7.88. The minimum Gasteiger partial charge on any atom is -0.369 e. The van der Waals surface area contributed by atoms with Gasteiger partial charge in [-0.15, -0.1) is 0 Å². The van der Waals surface area contributed by atoms with Gasteiger partial charge in [-0.05, 0) is 61.4 Å². The molecule has 0 aromatic rings. The highest BCUT2D eigenvalue weighted by molar-refractivity contribution is 7.32. The fourth-order valence-corrected chi connectivity index (χ4v) is 3.54. The number of likely N-dealkylation sites (tertiary alicyclic amines) is 1. The van der Waals surface area contributed by atoms with Crippen molar-refractivity contribution in [1.29, 1.82) is 0 Å². The summed E-state index contributed by atoms with van der Waals surface area (Å²) in [6, 6.07) is 0. The highest BCUT2D eigenvalue weighted by Gasteiger charge is 2.43. The summed E-state index contributed by atoms with van der Waals surface area (Å²) in [6.07, 6.45) is 2.52. The van der Waals surface area contributed by atoms with E-state index in [2.05, 4.69) is 46.6 Å². The SMILES string of the molecule is CCOPC(C)OC1CC(C)(C)N(C)C(C)(C)C1. The Labute approximate surface area is 114 Å². The zero-order valence-corrected chi connectivity index (χ0v) is 14.0. The summed E-state index contributed by atoms with van der Waals surface area (Å²) in [6.45, 7) is 14.1. The molecule has 1 rings (SSSR count). The normalized spacial score (nSPS) is 26.8. The fraction of sp³-hybridized carbons (Fsp3) is 1.00. The summed E-state index contributed by atoms with van der Waals surface area (Å²) in [5.41, 5.74) is 0.391. The Balaban J connectivity index is 2.58. The Kier molecular flexibility index (Phi) is 5.61. The van der Waals surface area contributed by atoms with Gasteiger partial charge in [0.25, 0.3) is 0 Å². The molecule has 0 N–H and O–H groups in total. The van der Waals surface area contributed by atoms with Gasteiger partial charge in [0.1, 0.15) is 0 Å². The molecule has 0 aromatic carbocycles. The number of ether oxygens (including phenoxy) is 1. The third kappa shape index (κ3) is 4.16. The van der Waals surface area contributed by atoms with Gasteiger partial charge in [0.2, 0.25) is 0 Å². The molecule has 1 heterocycles. The molecular weight excluding hydrogens is 245 g/mol. The van der Waals surface area contributed by atoms with Crippen LogP contribution in [0.2, 0.25) is 0 Å². The molecular formula is C14H30NO2P. The Morgan fingerprint density at radius 3 is 2.17 bits per heavy atom. The van der Waals surface area contributed by atoms with Gasteiger partial charge in [0.15, 0.2) is 0 Å². The maximum atomic E-state index is 6.17. The molecule has 0 saturated carbocycles. The van der Waals surface area contributed by atoms with Crippen molar-refractivity contribution in [2.75, 3.05) is 13.7 Å². The number of hydrogen-bond donors (Lipinski definition) is 0. The number of nitrogens with zero attached hydrogens (tertiary/aromatic N) is 1. The summed E-state index contributed by atoms with van der Waals surface area (Å²) < 4.78 is 11.6. The first-order valence-corrected chi connectivity index (χ1v) is 7.94. The van der Waals surface area contributed by atoms with Crippen LogP contribution in [0.15, 0.2) is 0 Å². The van der Waals surface area contributed by atoms with Crippen molar-refractivity contribution in [3.8, 4) is 0 Å². The summed E-state index contributed by atoms with van der Waals surface area (Å²) >= 11 is 0. The summed E-state index contributed by atoms with van der Waals surface area (Å²) in [4.78, 5) is 2.48. The highest BCUT2D eigenvalue weighted by Crippen LogP contribution is 2.39. The van der Waals surface area contributed by atoms with Crippen molar-refractivity contribution < 1.29 is 9.26 Å². The van der Waals surface area contributed by atoms with Crippen LogP contribution in [0.25, 0.3) is 0 Å². The van der Waals surface area contributed by atoms with Crippen LogP contribution >= 0.6 is 8.81 Å². The molecule has 1 saturated heterocycles. The molecule has 3 nitrogen and oxygen atoms in total. The molecule has 0 aromatic heterocycles. The van der Waals surface area contributed by atoms with Crippen LogP contribution in [0.4, 0.5) is 0 Å². The Hall–Kier alpha value is 0.310. The van der Waals surface area contributed by atoms with E-state index in [1.807, 2.05) is 6.92 Å². The molecule has 0 aliphatic carbocycles. The maximum absolute atomic E-state index is 6.17. The Morgan fingerprint density at radius 1 is 1.22 bits per heavy atom. The van der Waals surface area contributed by atoms with E-state index in [9.17, 15) is 0 Å². The van der Waals surface area contributed by atoms with Gasteiger partial charge in [-0.1, -0.05) is 0 Å². The smallest absolute Gasteiger partial charge is 0.0961 e. The Morgan fingerprint density at radius 2 is 1.72 bits per heavy atom. The summed E-state index contributed by atoms with van der Waals surface area (Å²) in [5.74, 6) is 0.213. The monoisotopic (exact) mass is 275 g/mol. The molecule has 4 heteroatoms. The van der Waals surface area contributed by atoms with Crippen molar-refractivity contribution in [1.82, 2.24) is 4.90 Å². The first kappa shape index (κ1) is 16.4. The van der Waals surface area contributed by atoms with Crippen molar-refractivity contribution in [3.05, 3.63) is 0 Å². The van der Waals surface area contributed by atoms with Crippen LogP contribution in [-0.2, 0) is 9.26 Å². The second kappa shape index (κ2) is 6.17. The molecule has 2 atom stereocenters. The first-order valence-electron chi connectivity index (χ1n) is 6.96. The van der Waals surface area contributed by atoms with Gasteiger partial charge in [-0.25, -0.2) is 0 Å². The van der Waals surface area contributed by atoms with Gasteiger partial charge in [0.05, 0.1) is 11.9 Å². The van der Waals surface area contributed by atoms with Crippen LogP contribution < -0.4 is 0 Å². The van der Waals surface area contributed by atoms with Crippen LogP contribution in [0.3, 0.4) is 0 Å². The number of rotatable bonds is 5. The van der Waals surface area contributed by atoms with E-state index in [1.165, 1.54) is 0 Å². The third-order valence-corrected chi connectivity index (χ3v) is 4.98. The third-order valence-electron chi connectivity index (χ3n) is 4.06. The molecule has 1 aliphatic heterocycles. The fourth-order valence-electron chi connectivity index (χ4n) is 2.89. The van der Waals surface area contributed by atoms with E-state index < -0.39 is 0 Å². The predicted molar refractivity (Wildman–Crippen MR) is 79.4 cm³/mol. The molecule has 0 bridgehead atoms. The molecule has 18 heavy (non-hydrogen) atoms. The standard InChI is InChI=1S/C14H30NO2P/c1-8-16-18-11(2)17-12-9-13(3,4)15(7)14(5,6)10-12/h11-12,18H,8-10H2,1-7H3. The molecule has 108 valence electrons. The highest BCUT2D eigenvalue weighted by atomic mass is 31.1. The molecule has 1 aliphatic rings. The van der Waals surface area contributed by atoms with Gasteiger partial charge >= 0.3 is 0 Å². The van der Waals surface area contributed by atoms with E-state index in [0.29, 0.717) is 14.9 Å². The van der Waals surface area contributed by atoms with Gasteiger partial charge in [0, 0.05) is 26.5 Å². The summed E-state index contributed by atoms with van der Waals surface area (Å²) in [7, 11) is 2.68. The lowest BCUT2D eigenvalue weighted by Crippen LogP contribution is -2.60. The molecule has 0 radical (unpaired) electrons. The number of hydrogen-bond acceptors (Lipinski definition) is 3. The van der Waals surface area contributed by atoms with E-state index in [0.717, 1.165) is 19.4 Å². The first-order chi connectivity index (χ1) is 8.19. The van der Waals surface area contributed by atoms with E-state index in [4.69, 9.17) is 9.26 Å². The molecule has 0 amide bonds. The maximum Gasteiger partial charge on any atom is 0.0961 e. The van der Waals surface area contributed by atoms with E-state index >= 15 is 0 Å². The Bertz CT molecular complexity index is 251. The lowest BCUT2D eigenvalue weighted by atomic mass is 9.79. The average molecular weight is 275 g/mol. The molecule has 1 fully saturated rings. The van der Waals surface area contributed by atoms with Crippen LogP contribution in [-0.4, -0.2) is 41.6 Å². The van der Waals surface area contributed by atoms with Crippen molar-refractivity contribution in [3.63, 3.8) is 0 Å². The van der Waals surface area contributed by atoms with Crippen molar-refractivity contribution >= 4 is 8.81 Å². The van der Waals surface area contributed by atoms with Gasteiger partial charge in [-0.2, -0.15) is 0 Å². The van der Waals surface area contributed by atoms with Crippen LogP contribution in [0, 0.1) is 0 Å². The van der Waals surface area contributed by atoms with Gasteiger partial charge in [-0.3, -0.25) is 4.90 Å². The molecule has 0 spiro atoms. The lowest BCUT2D eigenvalue weighted by Gasteiger charge is -2.53.